The molecule has 0 bridgehead atoms. The first-order valence-corrected chi connectivity index (χ1v) is 6.62. The van der Waals surface area contributed by atoms with Gasteiger partial charge in [-0.25, -0.2) is 4.39 Å². The van der Waals surface area contributed by atoms with Crippen LogP contribution in [0.15, 0.2) is 42.5 Å². The molecule has 0 aromatic heterocycles. The summed E-state index contributed by atoms with van der Waals surface area (Å²) in [5.41, 5.74) is 1.82. The van der Waals surface area contributed by atoms with Crippen molar-refractivity contribution < 1.29 is 13.9 Å². The lowest BCUT2D eigenvalue weighted by atomic mass is 10.0. The molecule has 0 amide bonds. The van der Waals surface area contributed by atoms with Crippen LogP contribution in [0.5, 0.6) is 5.75 Å². The Morgan fingerprint density at radius 1 is 1.15 bits per heavy atom. The maximum absolute atomic E-state index is 14.3. The predicted octanol–water partition coefficient (Wildman–Crippen LogP) is 4.17. The van der Waals surface area contributed by atoms with E-state index in [0.29, 0.717) is 24.2 Å². The van der Waals surface area contributed by atoms with Crippen molar-refractivity contribution in [2.24, 2.45) is 0 Å². The van der Waals surface area contributed by atoms with Gasteiger partial charge in [-0.15, -0.1) is 0 Å². The zero-order valence-corrected chi connectivity index (χ0v) is 11.7. The summed E-state index contributed by atoms with van der Waals surface area (Å²) in [6, 6.07) is 12.7. The van der Waals surface area contributed by atoms with Crippen molar-refractivity contribution in [3.63, 3.8) is 0 Å². The molecule has 0 unspecified atom stereocenters. The molecular formula is C17H17FO2. The second-order valence-corrected chi connectivity index (χ2v) is 4.59. The quantitative estimate of drug-likeness (QED) is 0.764. The molecule has 2 rings (SSSR count). The molecule has 2 aromatic rings. The van der Waals surface area contributed by atoms with E-state index in [1.54, 1.807) is 6.07 Å². The van der Waals surface area contributed by atoms with Gasteiger partial charge in [0, 0.05) is 11.1 Å². The fourth-order valence-corrected chi connectivity index (χ4v) is 2.12. The Kier molecular flexibility index (Phi) is 4.51. The highest BCUT2D eigenvalue weighted by molar-refractivity contribution is 5.95. The standard InChI is InChI=1S/C17H17FO2/c1-3-14-15(12(2)19)9-10-16(17(14)18)20-11-13-7-5-4-6-8-13/h4-10H,3,11H2,1-2H3. The fraction of sp³-hybridized carbons (Fsp3) is 0.235. The van der Waals surface area contributed by atoms with E-state index in [-0.39, 0.29) is 11.5 Å². The molecule has 0 aliphatic heterocycles. The minimum Gasteiger partial charge on any atom is -0.486 e. The molecular weight excluding hydrogens is 255 g/mol. The molecule has 0 saturated carbocycles. The Balaban J connectivity index is 2.23. The zero-order chi connectivity index (χ0) is 14.5. The molecule has 20 heavy (non-hydrogen) atoms. The molecule has 0 N–H and O–H groups in total. The number of halogens is 1. The third kappa shape index (κ3) is 3.05. The first-order chi connectivity index (χ1) is 9.63. The lowest BCUT2D eigenvalue weighted by Gasteiger charge is -2.12. The van der Waals surface area contributed by atoms with Gasteiger partial charge in [0.05, 0.1) is 0 Å². The number of carbonyl (C=O) groups excluding carboxylic acids is 1. The maximum atomic E-state index is 14.3. The van der Waals surface area contributed by atoms with Crippen molar-refractivity contribution in [2.75, 3.05) is 0 Å². The summed E-state index contributed by atoms with van der Waals surface area (Å²) in [7, 11) is 0. The fourth-order valence-electron chi connectivity index (χ4n) is 2.12. The number of hydrogen-bond acceptors (Lipinski definition) is 2. The predicted molar refractivity (Wildman–Crippen MR) is 76.6 cm³/mol. The van der Waals surface area contributed by atoms with E-state index >= 15 is 0 Å². The van der Waals surface area contributed by atoms with Crippen LogP contribution in [0.1, 0.15) is 35.3 Å². The number of ether oxygens (including phenoxy) is 1. The average Bonchev–Trinajstić information content (AvgIpc) is 2.46. The highest BCUT2D eigenvalue weighted by Crippen LogP contribution is 2.25. The summed E-state index contributed by atoms with van der Waals surface area (Å²) in [5, 5.41) is 0. The molecule has 0 aliphatic rings. The topological polar surface area (TPSA) is 26.3 Å². The van der Waals surface area contributed by atoms with Gasteiger partial charge in [-0.3, -0.25) is 4.79 Å². The van der Waals surface area contributed by atoms with Crippen molar-refractivity contribution in [3.05, 3.63) is 65.0 Å². The summed E-state index contributed by atoms with van der Waals surface area (Å²) >= 11 is 0. The van der Waals surface area contributed by atoms with Crippen molar-refractivity contribution in [1.82, 2.24) is 0 Å². The molecule has 0 saturated heterocycles. The van der Waals surface area contributed by atoms with Crippen LogP contribution in [0.3, 0.4) is 0 Å². The largest absolute Gasteiger partial charge is 0.486 e. The number of hydrogen-bond donors (Lipinski definition) is 0. The molecule has 3 heteroatoms. The van der Waals surface area contributed by atoms with Gasteiger partial charge in [0.1, 0.15) is 6.61 Å². The molecule has 0 heterocycles. The lowest BCUT2D eigenvalue weighted by molar-refractivity contribution is 0.101. The Morgan fingerprint density at radius 3 is 2.45 bits per heavy atom. The summed E-state index contributed by atoms with van der Waals surface area (Å²) in [4.78, 5) is 11.5. The average molecular weight is 272 g/mol. The van der Waals surface area contributed by atoms with Crippen LogP contribution in [0.25, 0.3) is 0 Å². The molecule has 0 atom stereocenters. The third-order valence-corrected chi connectivity index (χ3v) is 3.18. The van der Waals surface area contributed by atoms with Gasteiger partial charge in [-0.2, -0.15) is 0 Å². The third-order valence-electron chi connectivity index (χ3n) is 3.18. The van der Waals surface area contributed by atoms with Crippen LogP contribution in [0.4, 0.5) is 4.39 Å². The Hall–Kier alpha value is -2.16. The first kappa shape index (κ1) is 14.3. The Bertz CT molecular complexity index is 606. The van der Waals surface area contributed by atoms with Gasteiger partial charge in [0.15, 0.2) is 17.3 Å². The van der Waals surface area contributed by atoms with Crippen molar-refractivity contribution in [2.45, 2.75) is 26.9 Å². The lowest BCUT2D eigenvalue weighted by Crippen LogP contribution is -2.05. The minimum atomic E-state index is -0.434. The van der Waals surface area contributed by atoms with E-state index in [1.165, 1.54) is 13.0 Å². The van der Waals surface area contributed by atoms with E-state index in [0.717, 1.165) is 5.56 Å². The number of carbonyl (C=O) groups is 1. The molecule has 2 nitrogen and oxygen atoms in total. The van der Waals surface area contributed by atoms with E-state index in [1.807, 2.05) is 37.3 Å². The maximum Gasteiger partial charge on any atom is 0.168 e. The SMILES string of the molecule is CCc1c(C(C)=O)ccc(OCc2ccccc2)c1F. The van der Waals surface area contributed by atoms with Crippen LogP contribution < -0.4 is 4.74 Å². The minimum absolute atomic E-state index is 0.129. The Morgan fingerprint density at radius 2 is 1.85 bits per heavy atom. The van der Waals surface area contributed by atoms with Crippen LogP contribution in [-0.2, 0) is 13.0 Å². The number of benzene rings is 2. The highest BCUT2D eigenvalue weighted by atomic mass is 19.1. The van der Waals surface area contributed by atoms with E-state index in [2.05, 4.69) is 0 Å². The van der Waals surface area contributed by atoms with Crippen molar-refractivity contribution in [1.29, 1.82) is 0 Å². The van der Waals surface area contributed by atoms with E-state index in [9.17, 15) is 9.18 Å². The number of rotatable bonds is 5. The summed E-state index contributed by atoms with van der Waals surface area (Å²) in [5.74, 6) is -0.373. The smallest absolute Gasteiger partial charge is 0.168 e. The number of ketones is 1. The molecule has 0 radical (unpaired) electrons. The summed E-state index contributed by atoms with van der Waals surface area (Å²) in [6.45, 7) is 3.57. The van der Waals surface area contributed by atoms with Gasteiger partial charge in [0.2, 0.25) is 0 Å². The van der Waals surface area contributed by atoms with Crippen LogP contribution in [0, 0.1) is 5.82 Å². The Labute approximate surface area is 118 Å². The number of Topliss-reactive ketones (excluding diaryl/α,β-unsaturated/α-hetero) is 1. The molecule has 2 aromatic carbocycles. The van der Waals surface area contributed by atoms with Crippen molar-refractivity contribution in [3.8, 4) is 5.75 Å². The second-order valence-electron chi connectivity index (χ2n) is 4.59. The molecule has 0 aliphatic carbocycles. The van der Waals surface area contributed by atoms with E-state index in [4.69, 9.17) is 4.74 Å². The van der Waals surface area contributed by atoms with Crippen LogP contribution >= 0.6 is 0 Å². The van der Waals surface area contributed by atoms with Gasteiger partial charge in [-0.05, 0) is 31.0 Å². The van der Waals surface area contributed by atoms with Crippen LogP contribution in [0.2, 0.25) is 0 Å². The van der Waals surface area contributed by atoms with Gasteiger partial charge in [-0.1, -0.05) is 37.3 Å². The molecule has 0 fully saturated rings. The second kappa shape index (κ2) is 6.33. The summed E-state index contributed by atoms with van der Waals surface area (Å²) in [6.07, 6.45) is 0.462. The summed E-state index contributed by atoms with van der Waals surface area (Å²) < 4.78 is 19.8. The zero-order valence-electron chi connectivity index (χ0n) is 11.7. The normalized spacial score (nSPS) is 10.3. The van der Waals surface area contributed by atoms with Crippen LogP contribution in [-0.4, -0.2) is 5.78 Å². The highest BCUT2D eigenvalue weighted by Gasteiger charge is 2.15. The van der Waals surface area contributed by atoms with E-state index < -0.39 is 5.82 Å². The molecule has 0 spiro atoms. The molecule has 104 valence electrons. The monoisotopic (exact) mass is 272 g/mol. The van der Waals surface area contributed by atoms with Gasteiger partial charge < -0.3 is 4.74 Å². The van der Waals surface area contributed by atoms with Gasteiger partial charge >= 0.3 is 0 Å². The first-order valence-electron chi connectivity index (χ1n) is 6.62. The van der Waals surface area contributed by atoms with Gasteiger partial charge in [0.25, 0.3) is 0 Å². The van der Waals surface area contributed by atoms with Crippen molar-refractivity contribution >= 4 is 5.78 Å².